The Kier molecular flexibility index (Phi) is 4.72. The van der Waals surface area contributed by atoms with Crippen molar-refractivity contribution < 1.29 is 9.59 Å². The van der Waals surface area contributed by atoms with Crippen LogP contribution in [-0.2, 0) is 0 Å². The molecule has 0 radical (unpaired) electrons. The molecule has 1 amide bonds. The zero-order valence-electron chi connectivity index (χ0n) is 13.1. The molecule has 116 valence electrons. The van der Waals surface area contributed by atoms with Gasteiger partial charge in [-0.15, -0.1) is 6.42 Å². The van der Waals surface area contributed by atoms with Crippen LogP contribution in [0.4, 0.5) is 11.4 Å². The molecular formula is C17H16N4O2. The van der Waals surface area contributed by atoms with Gasteiger partial charge in [0, 0.05) is 25.3 Å². The lowest BCUT2D eigenvalue weighted by Crippen LogP contribution is -2.19. The number of carbonyl (C=O) groups is 2. The van der Waals surface area contributed by atoms with E-state index in [9.17, 15) is 9.59 Å². The quantitative estimate of drug-likeness (QED) is 0.690. The van der Waals surface area contributed by atoms with Crippen molar-refractivity contribution in [2.45, 2.75) is 6.92 Å². The normalized spacial score (nSPS) is 9.83. The number of aromatic nitrogens is 2. The van der Waals surface area contributed by atoms with Crippen LogP contribution in [0, 0.1) is 12.3 Å². The molecule has 0 bridgehead atoms. The molecule has 0 saturated heterocycles. The zero-order chi connectivity index (χ0) is 17.0. The highest BCUT2D eigenvalue weighted by molar-refractivity contribution is 6.03. The van der Waals surface area contributed by atoms with E-state index in [1.807, 2.05) is 14.1 Å². The predicted octanol–water partition coefficient (Wildman–Crippen LogP) is 1.98. The van der Waals surface area contributed by atoms with Crippen LogP contribution in [0.2, 0.25) is 0 Å². The lowest BCUT2D eigenvalue weighted by molar-refractivity contribution is 0.100. The van der Waals surface area contributed by atoms with Gasteiger partial charge in [-0.05, 0) is 25.0 Å². The van der Waals surface area contributed by atoms with Gasteiger partial charge < -0.3 is 10.2 Å². The summed E-state index contributed by atoms with van der Waals surface area (Å²) < 4.78 is 0. The summed E-state index contributed by atoms with van der Waals surface area (Å²) in [4.78, 5) is 33.5. The van der Waals surface area contributed by atoms with Gasteiger partial charge in [-0.2, -0.15) is 0 Å². The third-order valence-electron chi connectivity index (χ3n) is 3.12. The third-order valence-corrected chi connectivity index (χ3v) is 3.12. The van der Waals surface area contributed by atoms with Gasteiger partial charge in [0.05, 0.1) is 11.9 Å². The maximum atomic E-state index is 12.2. The van der Waals surface area contributed by atoms with Gasteiger partial charge in [-0.3, -0.25) is 9.59 Å². The van der Waals surface area contributed by atoms with Gasteiger partial charge in [-0.1, -0.05) is 12.1 Å². The van der Waals surface area contributed by atoms with E-state index < -0.39 is 5.91 Å². The summed E-state index contributed by atoms with van der Waals surface area (Å²) >= 11 is 0. The number of hydrogen-bond donors (Lipinski definition) is 1. The summed E-state index contributed by atoms with van der Waals surface area (Å²) in [5.74, 6) is 1.84. The molecular weight excluding hydrogens is 292 g/mol. The molecule has 0 saturated carbocycles. The topological polar surface area (TPSA) is 75.2 Å². The summed E-state index contributed by atoms with van der Waals surface area (Å²) in [5.41, 5.74) is 2.00. The van der Waals surface area contributed by atoms with Crippen LogP contribution < -0.4 is 10.2 Å². The average Bonchev–Trinajstić information content (AvgIpc) is 2.54. The largest absolute Gasteiger partial charge is 0.374 e. The summed E-state index contributed by atoms with van der Waals surface area (Å²) in [6, 6.07) is 6.64. The molecule has 6 nitrogen and oxygen atoms in total. The SMILES string of the molecule is C#Cc1nc(C(=O)Nc2cccc(C(C)=O)c2)ncc1N(C)C. The Hall–Kier alpha value is -3.20. The molecule has 0 fully saturated rings. The first-order chi connectivity index (χ1) is 10.9. The number of amides is 1. The Bertz CT molecular complexity index is 806. The number of hydrogen-bond acceptors (Lipinski definition) is 5. The monoisotopic (exact) mass is 308 g/mol. The fourth-order valence-electron chi connectivity index (χ4n) is 1.92. The van der Waals surface area contributed by atoms with Gasteiger partial charge in [0.2, 0.25) is 5.82 Å². The standard InChI is InChI=1S/C17H16N4O2/c1-5-14-15(21(3)4)10-18-16(20-14)17(23)19-13-8-6-7-12(9-13)11(2)22/h1,6-10H,2-4H3,(H,19,23). The second-order valence-electron chi connectivity index (χ2n) is 5.06. The second kappa shape index (κ2) is 6.71. The summed E-state index contributed by atoms with van der Waals surface area (Å²) in [7, 11) is 3.62. The van der Waals surface area contributed by atoms with E-state index in [-0.39, 0.29) is 11.6 Å². The highest BCUT2D eigenvalue weighted by Crippen LogP contribution is 2.15. The van der Waals surface area contributed by atoms with Crippen molar-refractivity contribution in [3.05, 3.63) is 47.5 Å². The molecule has 23 heavy (non-hydrogen) atoms. The molecule has 0 spiro atoms. The van der Waals surface area contributed by atoms with Crippen LogP contribution in [0.5, 0.6) is 0 Å². The smallest absolute Gasteiger partial charge is 0.293 e. The molecule has 0 unspecified atom stereocenters. The van der Waals surface area contributed by atoms with Crippen molar-refractivity contribution in [2.24, 2.45) is 0 Å². The van der Waals surface area contributed by atoms with Crippen LogP contribution >= 0.6 is 0 Å². The van der Waals surface area contributed by atoms with Gasteiger partial charge in [0.15, 0.2) is 5.78 Å². The van der Waals surface area contributed by atoms with Crippen molar-refractivity contribution in [2.75, 3.05) is 24.3 Å². The first-order valence-electron chi connectivity index (χ1n) is 6.85. The van der Waals surface area contributed by atoms with Crippen molar-refractivity contribution >= 4 is 23.1 Å². The summed E-state index contributed by atoms with van der Waals surface area (Å²) in [6.07, 6.45) is 6.93. The van der Waals surface area contributed by atoms with Crippen LogP contribution in [-0.4, -0.2) is 35.8 Å². The number of Topliss-reactive ketones (excluding diaryl/α,β-unsaturated/α-hetero) is 1. The van der Waals surface area contributed by atoms with E-state index in [4.69, 9.17) is 6.42 Å². The fraction of sp³-hybridized carbons (Fsp3) is 0.176. The Labute approximate surface area is 134 Å². The highest BCUT2D eigenvalue weighted by Gasteiger charge is 2.14. The van der Waals surface area contributed by atoms with Gasteiger partial charge in [-0.25, -0.2) is 9.97 Å². The van der Waals surface area contributed by atoms with E-state index in [0.717, 1.165) is 0 Å². The first-order valence-corrected chi connectivity index (χ1v) is 6.85. The number of ketones is 1. The van der Waals surface area contributed by atoms with Crippen LogP contribution in [0.15, 0.2) is 30.5 Å². The molecule has 1 heterocycles. The van der Waals surface area contributed by atoms with E-state index in [1.165, 1.54) is 13.1 Å². The van der Waals surface area contributed by atoms with E-state index >= 15 is 0 Å². The molecule has 0 atom stereocenters. The van der Waals surface area contributed by atoms with E-state index in [2.05, 4.69) is 21.2 Å². The molecule has 1 aromatic heterocycles. The van der Waals surface area contributed by atoms with Crippen LogP contribution in [0.3, 0.4) is 0 Å². The average molecular weight is 308 g/mol. The number of benzene rings is 1. The lowest BCUT2D eigenvalue weighted by atomic mass is 10.1. The van der Waals surface area contributed by atoms with Gasteiger partial charge in [0.1, 0.15) is 5.69 Å². The van der Waals surface area contributed by atoms with Crippen molar-refractivity contribution in [3.8, 4) is 12.3 Å². The Morgan fingerprint density at radius 3 is 2.65 bits per heavy atom. The number of nitrogens with zero attached hydrogens (tertiary/aromatic N) is 3. The number of nitrogens with one attached hydrogen (secondary N) is 1. The number of rotatable bonds is 4. The predicted molar refractivity (Wildman–Crippen MR) is 88.7 cm³/mol. The molecule has 2 aromatic rings. The Morgan fingerprint density at radius 1 is 1.30 bits per heavy atom. The molecule has 0 aliphatic rings. The van der Waals surface area contributed by atoms with Crippen LogP contribution in [0.1, 0.15) is 33.6 Å². The van der Waals surface area contributed by atoms with Crippen molar-refractivity contribution in [3.63, 3.8) is 0 Å². The van der Waals surface area contributed by atoms with E-state index in [0.29, 0.717) is 22.6 Å². The second-order valence-corrected chi connectivity index (χ2v) is 5.06. The van der Waals surface area contributed by atoms with E-state index in [1.54, 1.807) is 29.2 Å². The number of carbonyl (C=O) groups excluding carboxylic acids is 2. The fourth-order valence-corrected chi connectivity index (χ4v) is 1.92. The minimum absolute atomic E-state index is 0.0308. The molecule has 0 aliphatic heterocycles. The number of anilines is 2. The molecule has 1 aromatic carbocycles. The molecule has 2 rings (SSSR count). The maximum absolute atomic E-state index is 12.2. The lowest BCUT2D eigenvalue weighted by Gasteiger charge is -2.14. The molecule has 6 heteroatoms. The summed E-state index contributed by atoms with van der Waals surface area (Å²) in [5, 5.41) is 2.66. The Balaban J connectivity index is 2.26. The summed E-state index contributed by atoms with van der Waals surface area (Å²) in [6.45, 7) is 1.46. The first kappa shape index (κ1) is 16.2. The van der Waals surface area contributed by atoms with Crippen molar-refractivity contribution in [1.82, 2.24) is 9.97 Å². The van der Waals surface area contributed by atoms with Crippen LogP contribution in [0.25, 0.3) is 0 Å². The molecule has 0 aliphatic carbocycles. The maximum Gasteiger partial charge on any atom is 0.293 e. The highest BCUT2D eigenvalue weighted by atomic mass is 16.2. The van der Waals surface area contributed by atoms with Crippen molar-refractivity contribution in [1.29, 1.82) is 0 Å². The zero-order valence-corrected chi connectivity index (χ0v) is 13.1. The number of terminal acetylenes is 1. The third kappa shape index (κ3) is 3.71. The molecule has 1 N–H and O–H groups in total. The Morgan fingerprint density at radius 2 is 2.04 bits per heavy atom. The van der Waals surface area contributed by atoms with Gasteiger partial charge in [0.25, 0.3) is 5.91 Å². The minimum atomic E-state index is -0.493. The minimum Gasteiger partial charge on any atom is -0.374 e. The van der Waals surface area contributed by atoms with Gasteiger partial charge >= 0.3 is 0 Å².